The lowest BCUT2D eigenvalue weighted by Gasteiger charge is -2.07. The largest absolute Gasteiger partial charge is 0.477 e. The Bertz CT molecular complexity index is 669. The number of hydrogen-bond acceptors (Lipinski definition) is 5. The average Bonchev–Trinajstić information content (AvgIpc) is 2.99. The van der Waals surface area contributed by atoms with Gasteiger partial charge in [0.05, 0.1) is 11.5 Å². The Morgan fingerprint density at radius 3 is 2.68 bits per heavy atom. The van der Waals surface area contributed by atoms with Crippen LogP contribution in [0, 0.1) is 10.1 Å². The summed E-state index contributed by atoms with van der Waals surface area (Å²) in [4.78, 5) is 24.4. The van der Waals surface area contributed by atoms with Crippen molar-refractivity contribution in [1.29, 1.82) is 0 Å². The summed E-state index contributed by atoms with van der Waals surface area (Å²) in [6, 6.07) is 10.00. The SMILES string of the molecule is CCc1ccc(CNC(=O)COc2ccccc2[N+](=O)[O-])s1. The van der Waals surface area contributed by atoms with Crippen LogP contribution in [0.4, 0.5) is 5.69 Å². The van der Waals surface area contributed by atoms with Gasteiger partial charge in [0.25, 0.3) is 5.91 Å². The van der Waals surface area contributed by atoms with Crippen LogP contribution in [0.25, 0.3) is 0 Å². The van der Waals surface area contributed by atoms with Gasteiger partial charge >= 0.3 is 5.69 Å². The van der Waals surface area contributed by atoms with Gasteiger partial charge in [-0.1, -0.05) is 19.1 Å². The molecule has 0 radical (unpaired) electrons. The van der Waals surface area contributed by atoms with Gasteiger partial charge in [-0.3, -0.25) is 14.9 Å². The van der Waals surface area contributed by atoms with Crippen LogP contribution in [0.15, 0.2) is 36.4 Å². The first-order chi connectivity index (χ1) is 10.6. The molecular weight excluding hydrogens is 304 g/mol. The normalized spacial score (nSPS) is 10.2. The van der Waals surface area contributed by atoms with Crippen LogP contribution in [-0.4, -0.2) is 17.4 Å². The molecule has 22 heavy (non-hydrogen) atoms. The van der Waals surface area contributed by atoms with Crippen LogP contribution in [0.3, 0.4) is 0 Å². The highest BCUT2D eigenvalue weighted by molar-refractivity contribution is 7.11. The fourth-order valence-electron chi connectivity index (χ4n) is 1.82. The third-order valence-corrected chi connectivity index (χ3v) is 4.18. The van der Waals surface area contributed by atoms with E-state index in [4.69, 9.17) is 4.74 Å². The van der Waals surface area contributed by atoms with Crippen LogP contribution in [0.2, 0.25) is 0 Å². The third kappa shape index (κ3) is 4.29. The van der Waals surface area contributed by atoms with E-state index in [1.165, 1.54) is 17.0 Å². The molecule has 116 valence electrons. The van der Waals surface area contributed by atoms with Crippen molar-refractivity contribution in [2.45, 2.75) is 19.9 Å². The summed E-state index contributed by atoms with van der Waals surface area (Å²) in [5, 5.41) is 13.6. The molecule has 0 unspecified atom stereocenters. The van der Waals surface area contributed by atoms with E-state index in [0.29, 0.717) is 6.54 Å². The maximum Gasteiger partial charge on any atom is 0.310 e. The summed E-state index contributed by atoms with van der Waals surface area (Å²) in [6.07, 6.45) is 0.972. The highest BCUT2D eigenvalue weighted by atomic mass is 32.1. The highest BCUT2D eigenvalue weighted by Crippen LogP contribution is 2.25. The number of thiophene rings is 1. The van der Waals surface area contributed by atoms with Crippen molar-refractivity contribution in [1.82, 2.24) is 5.32 Å². The lowest BCUT2D eigenvalue weighted by atomic mass is 10.3. The van der Waals surface area contributed by atoms with E-state index in [1.807, 2.05) is 12.1 Å². The number of carbonyl (C=O) groups excluding carboxylic acids is 1. The van der Waals surface area contributed by atoms with Gasteiger partial charge in [-0.15, -0.1) is 11.3 Å². The van der Waals surface area contributed by atoms with Crippen molar-refractivity contribution in [3.05, 3.63) is 56.3 Å². The Hall–Kier alpha value is -2.41. The predicted molar refractivity (Wildman–Crippen MR) is 84.1 cm³/mol. The molecule has 1 N–H and O–H groups in total. The second-order valence-electron chi connectivity index (χ2n) is 4.51. The van der Waals surface area contributed by atoms with Crippen molar-refractivity contribution in [2.24, 2.45) is 0 Å². The smallest absolute Gasteiger partial charge is 0.310 e. The van der Waals surface area contributed by atoms with Crippen molar-refractivity contribution in [3.63, 3.8) is 0 Å². The molecule has 0 saturated heterocycles. The maximum atomic E-state index is 11.7. The topological polar surface area (TPSA) is 81.5 Å². The van der Waals surface area contributed by atoms with Gasteiger partial charge in [-0.25, -0.2) is 0 Å². The Labute approximate surface area is 131 Å². The second-order valence-corrected chi connectivity index (χ2v) is 5.76. The zero-order valence-corrected chi connectivity index (χ0v) is 12.9. The number of amides is 1. The number of rotatable bonds is 7. The lowest BCUT2D eigenvalue weighted by Crippen LogP contribution is -2.28. The summed E-state index contributed by atoms with van der Waals surface area (Å²) < 4.78 is 5.22. The van der Waals surface area contributed by atoms with Crippen molar-refractivity contribution in [2.75, 3.05) is 6.61 Å². The van der Waals surface area contributed by atoms with Crippen molar-refractivity contribution in [3.8, 4) is 5.75 Å². The predicted octanol–water partition coefficient (Wildman–Crippen LogP) is 2.91. The molecular formula is C15H16N2O4S. The van der Waals surface area contributed by atoms with E-state index in [-0.39, 0.29) is 24.0 Å². The van der Waals surface area contributed by atoms with E-state index >= 15 is 0 Å². The van der Waals surface area contributed by atoms with E-state index in [0.717, 1.165) is 11.3 Å². The molecule has 0 spiro atoms. The van der Waals surface area contributed by atoms with Gasteiger partial charge in [0.1, 0.15) is 0 Å². The molecule has 0 aliphatic carbocycles. The molecule has 0 atom stereocenters. The van der Waals surface area contributed by atoms with Gasteiger partial charge in [0, 0.05) is 15.8 Å². The summed E-state index contributed by atoms with van der Waals surface area (Å²) in [6.45, 7) is 2.26. The number of carbonyl (C=O) groups is 1. The summed E-state index contributed by atoms with van der Waals surface area (Å²) in [7, 11) is 0. The number of nitrogens with one attached hydrogen (secondary N) is 1. The summed E-state index contributed by atoms with van der Waals surface area (Å²) in [5.74, 6) is -0.225. The van der Waals surface area contributed by atoms with E-state index in [9.17, 15) is 14.9 Å². The number of benzene rings is 1. The molecule has 0 bridgehead atoms. The molecule has 0 aliphatic rings. The fourth-order valence-corrected chi connectivity index (χ4v) is 2.72. The Balaban J connectivity index is 1.84. The first-order valence-electron chi connectivity index (χ1n) is 6.80. The maximum absolute atomic E-state index is 11.7. The minimum absolute atomic E-state index is 0.0899. The molecule has 0 aliphatic heterocycles. The molecule has 1 heterocycles. The van der Waals surface area contributed by atoms with Crippen molar-refractivity contribution >= 4 is 22.9 Å². The fraction of sp³-hybridized carbons (Fsp3) is 0.267. The Kier molecular flexibility index (Phi) is 5.48. The zero-order chi connectivity index (χ0) is 15.9. The number of para-hydroxylation sites is 2. The van der Waals surface area contributed by atoms with Crippen LogP contribution >= 0.6 is 11.3 Å². The molecule has 1 aromatic carbocycles. The first kappa shape index (κ1) is 16.0. The van der Waals surface area contributed by atoms with Gasteiger partial charge in [0.15, 0.2) is 12.4 Å². The van der Waals surface area contributed by atoms with Gasteiger partial charge in [0.2, 0.25) is 0 Å². The first-order valence-corrected chi connectivity index (χ1v) is 7.62. The minimum atomic E-state index is -0.537. The molecule has 2 aromatic rings. The lowest BCUT2D eigenvalue weighted by molar-refractivity contribution is -0.385. The molecule has 1 aromatic heterocycles. The van der Waals surface area contributed by atoms with E-state index < -0.39 is 4.92 Å². The van der Waals surface area contributed by atoms with Crippen molar-refractivity contribution < 1.29 is 14.5 Å². The second kappa shape index (κ2) is 7.56. The standard InChI is InChI=1S/C15H16N2O4S/c1-2-11-7-8-12(22-11)9-16-15(18)10-21-14-6-4-3-5-13(14)17(19)20/h3-8H,2,9-10H2,1H3,(H,16,18). The summed E-state index contributed by atoms with van der Waals surface area (Å²) >= 11 is 1.65. The Morgan fingerprint density at radius 1 is 1.27 bits per heavy atom. The number of nitro benzene ring substituents is 1. The molecule has 7 heteroatoms. The van der Waals surface area contributed by atoms with E-state index in [2.05, 4.69) is 12.2 Å². The van der Waals surface area contributed by atoms with Gasteiger partial charge in [-0.2, -0.15) is 0 Å². The van der Waals surface area contributed by atoms with Crippen LogP contribution in [0.1, 0.15) is 16.7 Å². The van der Waals surface area contributed by atoms with Crippen LogP contribution in [0.5, 0.6) is 5.75 Å². The van der Waals surface area contributed by atoms with Crippen LogP contribution < -0.4 is 10.1 Å². The third-order valence-electron chi connectivity index (χ3n) is 2.95. The van der Waals surface area contributed by atoms with Gasteiger partial charge in [-0.05, 0) is 24.6 Å². The average molecular weight is 320 g/mol. The number of nitro groups is 1. The zero-order valence-electron chi connectivity index (χ0n) is 12.1. The molecule has 0 saturated carbocycles. The molecule has 6 nitrogen and oxygen atoms in total. The number of ether oxygens (including phenoxy) is 1. The van der Waals surface area contributed by atoms with Crippen LogP contribution in [-0.2, 0) is 17.8 Å². The molecule has 2 rings (SSSR count). The van der Waals surface area contributed by atoms with E-state index in [1.54, 1.807) is 23.5 Å². The Morgan fingerprint density at radius 2 is 2.00 bits per heavy atom. The highest BCUT2D eigenvalue weighted by Gasteiger charge is 2.14. The number of nitrogens with zero attached hydrogens (tertiary/aromatic N) is 1. The monoisotopic (exact) mass is 320 g/mol. The molecule has 0 fully saturated rings. The number of aryl methyl sites for hydroxylation is 1. The van der Waals surface area contributed by atoms with Gasteiger partial charge < -0.3 is 10.1 Å². The quantitative estimate of drug-likeness (QED) is 0.628. The molecule has 1 amide bonds. The minimum Gasteiger partial charge on any atom is -0.477 e. The number of hydrogen-bond donors (Lipinski definition) is 1. The summed E-state index contributed by atoms with van der Waals surface area (Å²) in [5.41, 5.74) is -0.152.